The predicted octanol–water partition coefficient (Wildman–Crippen LogP) is 12.5. The van der Waals surface area contributed by atoms with Gasteiger partial charge in [-0.2, -0.15) is 0 Å². The number of aromatic nitrogens is 2. The minimum atomic E-state index is 0.156. The molecule has 7 aromatic carbocycles. The van der Waals surface area contributed by atoms with Crippen LogP contribution in [0.2, 0.25) is 0 Å². The molecule has 0 aliphatic heterocycles. The maximum Gasteiger partial charge on any atom is 0.136 e. The quantitative estimate of drug-likeness (QED) is 0.189. The SMILES string of the molecule is COc1cc2cc3oc4ccc(-n5c6ccccc6c6ccccc65)cc4c3cc2cc1C1C=C(n2c3ccccc3c3ccccc32)C=CC1. The third-order valence-corrected chi connectivity index (χ3v) is 10.9. The van der Waals surface area contributed by atoms with Gasteiger partial charge in [-0.25, -0.2) is 0 Å². The maximum atomic E-state index is 6.48. The first-order valence-electron chi connectivity index (χ1n) is 17.6. The largest absolute Gasteiger partial charge is 0.496 e. The number of furan rings is 1. The molecule has 1 aliphatic carbocycles. The molecule has 3 heterocycles. The van der Waals surface area contributed by atoms with Crippen LogP contribution in [0.4, 0.5) is 0 Å². The Kier molecular flexibility index (Phi) is 5.97. The van der Waals surface area contributed by atoms with E-state index in [1.165, 1.54) is 60.3 Å². The summed E-state index contributed by atoms with van der Waals surface area (Å²) in [4.78, 5) is 0. The zero-order chi connectivity index (χ0) is 33.6. The third kappa shape index (κ3) is 4.14. The fourth-order valence-corrected chi connectivity index (χ4v) is 8.59. The fourth-order valence-electron chi connectivity index (χ4n) is 8.59. The van der Waals surface area contributed by atoms with Gasteiger partial charge in [0, 0.05) is 55.2 Å². The van der Waals surface area contributed by atoms with Gasteiger partial charge >= 0.3 is 0 Å². The van der Waals surface area contributed by atoms with Gasteiger partial charge in [0.15, 0.2) is 0 Å². The first-order chi connectivity index (χ1) is 25.2. The van der Waals surface area contributed by atoms with Gasteiger partial charge < -0.3 is 18.3 Å². The Morgan fingerprint density at radius 2 is 1.12 bits per heavy atom. The molecular formula is C47H32N2O2. The normalized spacial score (nSPS) is 14.9. The van der Waals surface area contributed by atoms with E-state index in [9.17, 15) is 0 Å². The number of hydrogen-bond donors (Lipinski definition) is 0. The van der Waals surface area contributed by atoms with Crippen molar-refractivity contribution >= 4 is 82.0 Å². The van der Waals surface area contributed by atoms with Crippen molar-refractivity contribution in [1.82, 2.24) is 9.13 Å². The molecule has 0 N–H and O–H groups in total. The molecule has 11 rings (SSSR count). The molecule has 0 saturated carbocycles. The lowest BCUT2D eigenvalue weighted by Gasteiger charge is -2.22. The Labute approximate surface area is 293 Å². The molecule has 4 heteroatoms. The van der Waals surface area contributed by atoms with Gasteiger partial charge in [-0.1, -0.05) is 84.9 Å². The highest BCUT2D eigenvalue weighted by atomic mass is 16.5. The topological polar surface area (TPSA) is 32.2 Å². The Balaban J connectivity index is 1.07. The summed E-state index contributed by atoms with van der Waals surface area (Å²) in [5.41, 5.74) is 10.1. The second-order valence-electron chi connectivity index (χ2n) is 13.6. The summed E-state index contributed by atoms with van der Waals surface area (Å²) >= 11 is 0. The Morgan fingerprint density at radius 1 is 0.549 bits per heavy atom. The van der Waals surface area contributed by atoms with Crippen molar-refractivity contribution < 1.29 is 9.15 Å². The molecule has 10 aromatic rings. The molecule has 1 atom stereocenters. The van der Waals surface area contributed by atoms with Crippen LogP contribution < -0.4 is 4.74 Å². The van der Waals surface area contributed by atoms with Gasteiger partial charge in [-0.05, 0) is 90.0 Å². The minimum absolute atomic E-state index is 0.156. The molecular weight excluding hydrogens is 625 g/mol. The van der Waals surface area contributed by atoms with E-state index in [1.54, 1.807) is 7.11 Å². The standard InChI is InChI=1S/C47H32N2O2/c1-50-46-26-31-27-47-39(40-28-33(21-22-45(40)51-47)49-43-19-8-4-15-36(43)37-16-5-9-20-44(37)49)25-30(31)24-38(46)29-11-10-12-32(23-29)48-41-17-6-2-13-34(41)35-14-3-7-18-42(35)48/h2-10,12-29H,11H2,1H3. The van der Waals surface area contributed by atoms with E-state index in [4.69, 9.17) is 9.15 Å². The van der Waals surface area contributed by atoms with Crippen LogP contribution in [-0.2, 0) is 0 Å². The Hall–Kier alpha value is -6.52. The predicted molar refractivity (Wildman–Crippen MR) is 212 cm³/mol. The number of allylic oxidation sites excluding steroid dienone is 4. The van der Waals surface area contributed by atoms with Crippen molar-refractivity contribution in [3.05, 3.63) is 163 Å². The second kappa shape index (κ2) is 10.7. The van der Waals surface area contributed by atoms with Gasteiger partial charge in [-0.15, -0.1) is 0 Å². The summed E-state index contributed by atoms with van der Waals surface area (Å²) in [6, 6.07) is 50.2. The number of nitrogens with zero attached hydrogens (tertiary/aromatic N) is 2. The number of ether oxygens (including phenoxy) is 1. The van der Waals surface area contributed by atoms with Crippen molar-refractivity contribution in [3.63, 3.8) is 0 Å². The van der Waals surface area contributed by atoms with Crippen LogP contribution in [-0.4, -0.2) is 16.2 Å². The molecule has 0 bridgehead atoms. The molecule has 242 valence electrons. The highest BCUT2D eigenvalue weighted by molar-refractivity contribution is 6.13. The van der Waals surface area contributed by atoms with Crippen LogP contribution in [0.25, 0.3) is 87.7 Å². The van der Waals surface area contributed by atoms with Gasteiger partial charge in [0.1, 0.15) is 16.9 Å². The monoisotopic (exact) mass is 656 g/mol. The van der Waals surface area contributed by atoms with Gasteiger partial charge in [0.05, 0.1) is 29.2 Å². The lowest BCUT2D eigenvalue weighted by Crippen LogP contribution is -2.05. The van der Waals surface area contributed by atoms with Crippen molar-refractivity contribution in [2.45, 2.75) is 12.3 Å². The molecule has 0 fully saturated rings. The number of rotatable bonds is 4. The van der Waals surface area contributed by atoms with Crippen LogP contribution in [0.5, 0.6) is 5.75 Å². The smallest absolute Gasteiger partial charge is 0.136 e. The average molecular weight is 657 g/mol. The number of fused-ring (bicyclic) bond motifs is 10. The van der Waals surface area contributed by atoms with Crippen molar-refractivity contribution in [3.8, 4) is 11.4 Å². The number of para-hydroxylation sites is 4. The number of methoxy groups -OCH3 is 1. The number of benzene rings is 7. The summed E-state index contributed by atoms with van der Waals surface area (Å²) < 4.78 is 17.3. The summed E-state index contributed by atoms with van der Waals surface area (Å²) in [5, 5.41) is 9.54. The van der Waals surface area contributed by atoms with Crippen LogP contribution >= 0.6 is 0 Å². The van der Waals surface area contributed by atoms with Crippen LogP contribution in [0, 0.1) is 0 Å². The van der Waals surface area contributed by atoms with Gasteiger partial charge in [0.2, 0.25) is 0 Å². The van der Waals surface area contributed by atoms with Gasteiger partial charge in [0.25, 0.3) is 0 Å². The molecule has 4 nitrogen and oxygen atoms in total. The molecule has 0 saturated heterocycles. The average Bonchev–Trinajstić information content (AvgIpc) is 3.83. The summed E-state index contributed by atoms with van der Waals surface area (Å²) in [7, 11) is 1.77. The molecule has 0 spiro atoms. The molecule has 51 heavy (non-hydrogen) atoms. The lowest BCUT2D eigenvalue weighted by atomic mass is 9.89. The molecule has 3 aromatic heterocycles. The highest BCUT2D eigenvalue weighted by Crippen LogP contribution is 2.42. The third-order valence-electron chi connectivity index (χ3n) is 10.9. The lowest BCUT2D eigenvalue weighted by molar-refractivity contribution is 0.408. The van der Waals surface area contributed by atoms with E-state index in [1.807, 2.05) is 0 Å². The molecule has 0 amide bonds. The zero-order valence-corrected chi connectivity index (χ0v) is 28.0. The van der Waals surface area contributed by atoms with E-state index in [-0.39, 0.29) is 5.92 Å². The minimum Gasteiger partial charge on any atom is -0.496 e. The van der Waals surface area contributed by atoms with E-state index in [2.05, 4.69) is 167 Å². The Bertz CT molecular complexity index is 3010. The summed E-state index contributed by atoms with van der Waals surface area (Å²) in [6.45, 7) is 0. The molecule has 1 aliphatic rings. The van der Waals surface area contributed by atoms with Gasteiger partial charge in [-0.3, -0.25) is 0 Å². The van der Waals surface area contributed by atoms with Crippen molar-refractivity contribution in [2.24, 2.45) is 0 Å². The Morgan fingerprint density at radius 3 is 1.75 bits per heavy atom. The maximum absolute atomic E-state index is 6.48. The van der Waals surface area contributed by atoms with Crippen LogP contribution in [0.15, 0.2) is 162 Å². The highest BCUT2D eigenvalue weighted by Gasteiger charge is 2.21. The first kappa shape index (κ1) is 28.3. The summed E-state index contributed by atoms with van der Waals surface area (Å²) in [5.74, 6) is 1.05. The second-order valence-corrected chi connectivity index (χ2v) is 13.6. The van der Waals surface area contributed by atoms with E-state index >= 15 is 0 Å². The van der Waals surface area contributed by atoms with E-state index in [0.717, 1.165) is 45.2 Å². The molecule has 1 unspecified atom stereocenters. The van der Waals surface area contributed by atoms with E-state index < -0.39 is 0 Å². The number of hydrogen-bond acceptors (Lipinski definition) is 2. The fraction of sp³-hybridized carbons (Fsp3) is 0.0638. The molecule has 0 radical (unpaired) electrons. The van der Waals surface area contributed by atoms with Crippen LogP contribution in [0.1, 0.15) is 17.9 Å². The first-order valence-corrected chi connectivity index (χ1v) is 17.6. The van der Waals surface area contributed by atoms with Crippen molar-refractivity contribution in [1.29, 1.82) is 0 Å². The van der Waals surface area contributed by atoms with Crippen LogP contribution in [0.3, 0.4) is 0 Å². The van der Waals surface area contributed by atoms with E-state index in [0.29, 0.717) is 0 Å². The summed E-state index contributed by atoms with van der Waals surface area (Å²) in [6.07, 6.45) is 7.88. The zero-order valence-electron chi connectivity index (χ0n) is 28.0. The van der Waals surface area contributed by atoms with Crippen molar-refractivity contribution in [2.75, 3.05) is 7.11 Å².